The van der Waals surface area contributed by atoms with Crippen LogP contribution in [-0.2, 0) is 4.74 Å². The van der Waals surface area contributed by atoms with Crippen LogP contribution in [0.1, 0.15) is 58.9 Å². The van der Waals surface area contributed by atoms with Crippen LogP contribution in [0, 0.1) is 5.82 Å². The molecule has 0 aliphatic carbocycles. The van der Waals surface area contributed by atoms with Crippen molar-refractivity contribution in [1.29, 1.82) is 0 Å². The molecule has 5 heteroatoms. The number of carbonyl (C=O) groups is 1. The van der Waals surface area contributed by atoms with Gasteiger partial charge in [0.05, 0.1) is 12.6 Å². The van der Waals surface area contributed by atoms with E-state index >= 15 is 0 Å². The van der Waals surface area contributed by atoms with Gasteiger partial charge in [-0.3, -0.25) is 4.90 Å². The normalized spacial score (nSPS) is 22.7. The number of rotatable bonds is 3. The summed E-state index contributed by atoms with van der Waals surface area (Å²) in [6, 6.07) is 4.82. The molecule has 1 aromatic carbocycles. The average Bonchev–Trinajstić information content (AvgIpc) is 2.52. The molecular weight excluding hydrogens is 333 g/mol. The standard InChI is InChI=1S/C21H28FNO3/c1-5-25-19-13-15(22)9-10-18(19)14-11-16-7-6-8-17(12-14)23(16)20(24)26-21(2,3)4/h9-11,13,16-17H,5-8,12H2,1-4H3. The highest BCUT2D eigenvalue weighted by molar-refractivity contribution is 5.76. The van der Waals surface area contributed by atoms with E-state index in [2.05, 4.69) is 6.08 Å². The van der Waals surface area contributed by atoms with Crippen molar-refractivity contribution in [3.63, 3.8) is 0 Å². The Morgan fingerprint density at radius 3 is 2.73 bits per heavy atom. The zero-order valence-electron chi connectivity index (χ0n) is 16.0. The van der Waals surface area contributed by atoms with E-state index in [4.69, 9.17) is 9.47 Å². The van der Waals surface area contributed by atoms with Gasteiger partial charge in [0.2, 0.25) is 0 Å². The van der Waals surface area contributed by atoms with E-state index in [1.54, 1.807) is 6.07 Å². The van der Waals surface area contributed by atoms with E-state index in [0.717, 1.165) is 36.8 Å². The maximum Gasteiger partial charge on any atom is 0.411 e. The van der Waals surface area contributed by atoms with Crippen LogP contribution in [0.15, 0.2) is 24.3 Å². The van der Waals surface area contributed by atoms with Gasteiger partial charge >= 0.3 is 6.09 Å². The Morgan fingerprint density at radius 2 is 2.08 bits per heavy atom. The SMILES string of the molecule is CCOc1cc(F)ccc1C1=CC2CCCC(C1)N2C(=O)OC(C)(C)C. The second-order valence-electron chi connectivity index (χ2n) is 8.01. The fraction of sp³-hybridized carbons (Fsp3) is 0.571. The van der Waals surface area contributed by atoms with Gasteiger partial charge in [-0.2, -0.15) is 0 Å². The zero-order valence-corrected chi connectivity index (χ0v) is 16.0. The van der Waals surface area contributed by atoms with Gasteiger partial charge in [0, 0.05) is 17.7 Å². The number of nitrogens with zero attached hydrogens (tertiary/aromatic N) is 1. The molecule has 0 N–H and O–H groups in total. The number of carbonyl (C=O) groups excluding carboxylic acids is 1. The summed E-state index contributed by atoms with van der Waals surface area (Å²) in [4.78, 5) is 14.6. The molecule has 0 radical (unpaired) electrons. The maximum atomic E-state index is 13.6. The van der Waals surface area contributed by atoms with Crippen molar-refractivity contribution in [2.45, 2.75) is 71.1 Å². The maximum absolute atomic E-state index is 13.6. The Labute approximate surface area is 155 Å². The average molecular weight is 361 g/mol. The Balaban J connectivity index is 1.90. The number of piperidine rings is 1. The second kappa shape index (κ2) is 7.29. The number of amides is 1. The molecule has 2 heterocycles. The second-order valence-corrected chi connectivity index (χ2v) is 8.01. The summed E-state index contributed by atoms with van der Waals surface area (Å²) in [6.45, 7) is 8.04. The Morgan fingerprint density at radius 1 is 1.31 bits per heavy atom. The molecule has 1 fully saturated rings. The number of hydrogen-bond acceptors (Lipinski definition) is 3. The minimum absolute atomic E-state index is 0.0203. The number of hydrogen-bond donors (Lipinski definition) is 0. The molecule has 2 bridgehead atoms. The quantitative estimate of drug-likeness (QED) is 0.745. The third-order valence-electron chi connectivity index (χ3n) is 4.83. The molecule has 0 aromatic heterocycles. The van der Waals surface area contributed by atoms with Crippen LogP contribution in [0.3, 0.4) is 0 Å². The summed E-state index contributed by atoms with van der Waals surface area (Å²) in [6.07, 6.45) is 5.60. The van der Waals surface area contributed by atoms with Crippen LogP contribution in [0.2, 0.25) is 0 Å². The summed E-state index contributed by atoms with van der Waals surface area (Å²) in [7, 11) is 0. The van der Waals surface area contributed by atoms with Gasteiger partial charge in [-0.05, 0) is 71.1 Å². The van der Waals surface area contributed by atoms with Gasteiger partial charge in [-0.15, -0.1) is 0 Å². The summed E-state index contributed by atoms with van der Waals surface area (Å²) in [5.74, 6) is 0.270. The van der Waals surface area contributed by atoms with Crippen LogP contribution >= 0.6 is 0 Å². The van der Waals surface area contributed by atoms with Crippen molar-refractivity contribution in [3.05, 3.63) is 35.7 Å². The Hall–Kier alpha value is -2.04. The van der Waals surface area contributed by atoms with Crippen LogP contribution in [0.25, 0.3) is 5.57 Å². The molecule has 2 aliphatic heterocycles. The number of benzene rings is 1. The first-order valence-corrected chi connectivity index (χ1v) is 9.43. The lowest BCUT2D eigenvalue weighted by molar-refractivity contribution is 0.0000820. The fourth-order valence-electron chi connectivity index (χ4n) is 3.86. The highest BCUT2D eigenvalue weighted by atomic mass is 19.1. The van der Waals surface area contributed by atoms with E-state index in [1.165, 1.54) is 12.1 Å². The number of ether oxygens (including phenoxy) is 2. The van der Waals surface area contributed by atoms with Crippen molar-refractivity contribution in [1.82, 2.24) is 4.90 Å². The van der Waals surface area contributed by atoms with Crippen molar-refractivity contribution >= 4 is 11.7 Å². The van der Waals surface area contributed by atoms with Crippen molar-refractivity contribution in [2.24, 2.45) is 0 Å². The molecule has 0 saturated carbocycles. The minimum Gasteiger partial charge on any atom is -0.493 e. The molecular formula is C21H28FNO3. The van der Waals surface area contributed by atoms with Gasteiger partial charge in [-0.25, -0.2) is 9.18 Å². The Kier molecular flexibility index (Phi) is 5.26. The van der Waals surface area contributed by atoms with E-state index < -0.39 is 5.60 Å². The largest absolute Gasteiger partial charge is 0.493 e. The van der Waals surface area contributed by atoms with Crippen molar-refractivity contribution in [2.75, 3.05) is 6.61 Å². The van der Waals surface area contributed by atoms with Crippen LogP contribution in [0.4, 0.5) is 9.18 Å². The monoisotopic (exact) mass is 361 g/mol. The molecule has 1 aromatic rings. The van der Waals surface area contributed by atoms with Gasteiger partial charge in [0.15, 0.2) is 0 Å². The zero-order chi connectivity index (χ0) is 18.9. The first-order chi connectivity index (χ1) is 12.3. The van der Waals surface area contributed by atoms with E-state index in [1.807, 2.05) is 32.6 Å². The number of halogens is 1. The minimum atomic E-state index is -0.505. The first kappa shape index (κ1) is 18.7. The molecule has 0 spiro atoms. The first-order valence-electron chi connectivity index (χ1n) is 9.43. The van der Waals surface area contributed by atoms with Crippen molar-refractivity contribution in [3.8, 4) is 5.75 Å². The van der Waals surface area contributed by atoms with Gasteiger partial charge in [0.1, 0.15) is 17.2 Å². The predicted octanol–water partition coefficient (Wildman–Crippen LogP) is 5.17. The van der Waals surface area contributed by atoms with E-state index in [-0.39, 0.29) is 24.0 Å². The molecule has 1 amide bonds. The smallest absolute Gasteiger partial charge is 0.411 e. The lowest BCUT2D eigenvalue weighted by atomic mass is 9.83. The van der Waals surface area contributed by atoms with E-state index in [0.29, 0.717) is 12.4 Å². The third-order valence-corrected chi connectivity index (χ3v) is 4.83. The summed E-state index contributed by atoms with van der Waals surface area (Å²) < 4.78 is 24.9. The molecule has 3 rings (SSSR count). The molecule has 26 heavy (non-hydrogen) atoms. The van der Waals surface area contributed by atoms with Gasteiger partial charge in [0.25, 0.3) is 0 Å². The summed E-state index contributed by atoms with van der Waals surface area (Å²) >= 11 is 0. The summed E-state index contributed by atoms with van der Waals surface area (Å²) in [5.41, 5.74) is 1.55. The van der Waals surface area contributed by atoms with Gasteiger partial charge < -0.3 is 9.47 Å². The van der Waals surface area contributed by atoms with Crippen LogP contribution < -0.4 is 4.74 Å². The third kappa shape index (κ3) is 4.02. The molecule has 142 valence electrons. The molecule has 4 nitrogen and oxygen atoms in total. The molecule has 1 saturated heterocycles. The highest BCUT2D eigenvalue weighted by Gasteiger charge is 2.39. The molecule has 2 unspecified atom stereocenters. The van der Waals surface area contributed by atoms with Crippen LogP contribution in [-0.4, -0.2) is 35.3 Å². The Bertz CT molecular complexity index is 708. The predicted molar refractivity (Wildman–Crippen MR) is 99.7 cm³/mol. The lowest BCUT2D eigenvalue weighted by Crippen LogP contribution is -2.53. The highest BCUT2D eigenvalue weighted by Crippen LogP contribution is 2.40. The molecule has 2 aliphatic rings. The topological polar surface area (TPSA) is 38.8 Å². The van der Waals surface area contributed by atoms with E-state index in [9.17, 15) is 9.18 Å². The number of fused-ring (bicyclic) bond motifs is 2. The van der Waals surface area contributed by atoms with Crippen molar-refractivity contribution < 1.29 is 18.7 Å². The van der Waals surface area contributed by atoms with Crippen LogP contribution in [0.5, 0.6) is 5.75 Å². The fourth-order valence-corrected chi connectivity index (χ4v) is 3.86. The molecule has 2 atom stereocenters. The summed E-state index contributed by atoms with van der Waals surface area (Å²) in [5, 5.41) is 0. The lowest BCUT2D eigenvalue weighted by Gasteiger charge is -2.45. The van der Waals surface area contributed by atoms with Gasteiger partial charge in [-0.1, -0.05) is 6.08 Å².